The van der Waals surface area contributed by atoms with E-state index >= 15 is 0 Å². The zero-order chi connectivity index (χ0) is 17.6. The van der Waals surface area contributed by atoms with Crippen LogP contribution in [0, 0.1) is 5.41 Å². The highest BCUT2D eigenvalue weighted by molar-refractivity contribution is 6.00. The molecule has 1 unspecified atom stereocenters. The third-order valence-corrected chi connectivity index (χ3v) is 3.62. The monoisotopic (exact) mass is 321 g/mol. The van der Waals surface area contributed by atoms with Crippen molar-refractivity contribution >= 4 is 29.2 Å². The molecule has 0 heterocycles. The molecular formula is C16H21N2O5-. The largest absolute Gasteiger partial charge is 0.547 e. The number of hydrogen-bond acceptors (Lipinski definition) is 6. The first-order chi connectivity index (χ1) is 10.7. The van der Waals surface area contributed by atoms with Gasteiger partial charge in [0.1, 0.15) is 0 Å². The van der Waals surface area contributed by atoms with E-state index < -0.39 is 23.4 Å². The van der Waals surface area contributed by atoms with Gasteiger partial charge in [0.25, 0.3) is 0 Å². The van der Waals surface area contributed by atoms with Crippen LogP contribution in [0.15, 0.2) is 24.3 Å². The topological polar surface area (TPSA) is 108 Å². The van der Waals surface area contributed by atoms with Crippen LogP contribution in [-0.4, -0.2) is 31.0 Å². The summed E-state index contributed by atoms with van der Waals surface area (Å²) < 4.78 is 4.39. The van der Waals surface area contributed by atoms with Gasteiger partial charge in [-0.1, -0.05) is 20.8 Å². The van der Waals surface area contributed by atoms with Gasteiger partial charge in [-0.3, -0.25) is 4.79 Å². The molecule has 1 aromatic rings. The summed E-state index contributed by atoms with van der Waals surface area (Å²) in [5.41, 5.74) is 0.476. The Morgan fingerprint density at radius 1 is 1.17 bits per heavy atom. The molecule has 0 aliphatic carbocycles. The van der Waals surface area contributed by atoms with Crippen molar-refractivity contribution in [1.29, 1.82) is 0 Å². The lowest BCUT2D eigenvalue weighted by atomic mass is 9.89. The second-order valence-corrected chi connectivity index (χ2v) is 5.69. The van der Waals surface area contributed by atoms with E-state index in [0.29, 0.717) is 17.8 Å². The fourth-order valence-corrected chi connectivity index (χ4v) is 1.61. The molecule has 0 aliphatic rings. The molecule has 0 radical (unpaired) electrons. The van der Waals surface area contributed by atoms with E-state index in [0.717, 1.165) is 7.11 Å². The molecule has 7 nitrogen and oxygen atoms in total. The third kappa shape index (κ3) is 4.98. The van der Waals surface area contributed by atoms with E-state index in [1.807, 2.05) is 20.8 Å². The molecular weight excluding hydrogens is 300 g/mol. The maximum atomic E-state index is 12.1. The predicted molar refractivity (Wildman–Crippen MR) is 83.6 cm³/mol. The second-order valence-electron chi connectivity index (χ2n) is 5.69. The molecule has 0 fully saturated rings. The van der Waals surface area contributed by atoms with Crippen LogP contribution in [0.5, 0.6) is 0 Å². The zero-order valence-corrected chi connectivity index (χ0v) is 13.6. The van der Waals surface area contributed by atoms with E-state index in [2.05, 4.69) is 15.4 Å². The van der Waals surface area contributed by atoms with Gasteiger partial charge < -0.3 is 25.3 Å². The normalized spacial score (nSPS) is 12.2. The number of rotatable bonds is 7. The number of carbonyl (C=O) groups excluding carboxylic acids is 3. The van der Waals surface area contributed by atoms with E-state index in [1.54, 1.807) is 24.3 Å². The maximum Gasteiger partial charge on any atom is 0.334 e. The van der Waals surface area contributed by atoms with Gasteiger partial charge in [-0.2, -0.15) is 0 Å². The highest BCUT2D eigenvalue weighted by Gasteiger charge is 2.25. The molecule has 1 amide bonds. The van der Waals surface area contributed by atoms with Crippen LogP contribution in [0.4, 0.5) is 11.4 Å². The van der Waals surface area contributed by atoms with Gasteiger partial charge in [-0.15, -0.1) is 0 Å². The van der Waals surface area contributed by atoms with Crippen molar-refractivity contribution in [2.75, 3.05) is 17.7 Å². The molecule has 7 heteroatoms. The zero-order valence-electron chi connectivity index (χ0n) is 13.6. The fraction of sp³-hybridized carbons (Fsp3) is 0.438. The summed E-state index contributed by atoms with van der Waals surface area (Å²) in [5.74, 6) is -2.64. The summed E-state index contributed by atoms with van der Waals surface area (Å²) in [4.78, 5) is 34.4. The number of carbonyl (C=O) groups is 3. The molecule has 0 bridgehead atoms. The second kappa shape index (κ2) is 7.62. The Kier molecular flexibility index (Phi) is 6.12. The molecule has 0 saturated heterocycles. The van der Waals surface area contributed by atoms with Gasteiger partial charge in [0, 0.05) is 16.8 Å². The van der Waals surface area contributed by atoms with E-state index in [-0.39, 0.29) is 5.91 Å². The summed E-state index contributed by atoms with van der Waals surface area (Å²) in [6, 6.07) is 4.71. The number of carboxylic acid groups (broad SMARTS) is 1. The third-order valence-electron chi connectivity index (χ3n) is 3.62. The smallest absolute Gasteiger partial charge is 0.334 e. The fourth-order valence-electron chi connectivity index (χ4n) is 1.61. The van der Waals surface area contributed by atoms with E-state index in [1.165, 1.54) is 0 Å². The minimum Gasteiger partial charge on any atom is -0.547 e. The number of benzene rings is 1. The molecule has 0 spiro atoms. The van der Waals surface area contributed by atoms with Crippen LogP contribution < -0.4 is 15.7 Å². The Morgan fingerprint density at radius 3 is 2.13 bits per heavy atom. The first kappa shape index (κ1) is 18.5. The Balaban J connectivity index is 2.79. The molecule has 1 aromatic carbocycles. The average molecular weight is 321 g/mol. The van der Waals surface area contributed by atoms with Crippen molar-refractivity contribution in [1.82, 2.24) is 0 Å². The van der Waals surface area contributed by atoms with E-state index in [9.17, 15) is 19.5 Å². The van der Waals surface area contributed by atoms with Crippen LogP contribution >= 0.6 is 0 Å². The summed E-state index contributed by atoms with van der Waals surface area (Å²) in [6.45, 7) is 5.62. The number of anilines is 2. The molecule has 0 saturated carbocycles. The van der Waals surface area contributed by atoms with Gasteiger partial charge in [0.05, 0.1) is 13.1 Å². The standard InChI is InChI=1S/C16H22N2O5/c1-5-16(2,3)15(22)18-11-8-6-10(7-9-11)17-12(13(19)20)14(21)23-4/h6-9,12,17H,5H2,1-4H3,(H,18,22)(H,19,20)/p-1. The van der Waals surface area contributed by atoms with Crippen molar-refractivity contribution in [2.24, 2.45) is 5.41 Å². The summed E-state index contributed by atoms with van der Waals surface area (Å²) in [6.07, 6.45) is 0.699. The Hall–Kier alpha value is -2.57. The number of esters is 1. The van der Waals surface area contributed by atoms with Gasteiger partial charge in [0.15, 0.2) is 6.04 Å². The number of nitrogens with one attached hydrogen (secondary N) is 2. The lowest BCUT2D eigenvalue weighted by Crippen LogP contribution is -2.46. The highest BCUT2D eigenvalue weighted by Crippen LogP contribution is 2.23. The van der Waals surface area contributed by atoms with Crippen LogP contribution in [0.1, 0.15) is 27.2 Å². The van der Waals surface area contributed by atoms with Crippen molar-refractivity contribution in [3.8, 4) is 0 Å². The highest BCUT2D eigenvalue weighted by atomic mass is 16.5. The van der Waals surface area contributed by atoms with Crippen LogP contribution in [0.25, 0.3) is 0 Å². The summed E-state index contributed by atoms with van der Waals surface area (Å²) >= 11 is 0. The van der Waals surface area contributed by atoms with Gasteiger partial charge in [0.2, 0.25) is 5.91 Å². The lowest BCUT2D eigenvalue weighted by molar-refractivity contribution is -0.306. The predicted octanol–water partition coefficient (Wildman–Crippen LogP) is 0.765. The number of carboxylic acids is 1. The van der Waals surface area contributed by atoms with E-state index in [4.69, 9.17) is 0 Å². The van der Waals surface area contributed by atoms with Gasteiger partial charge in [-0.05, 0) is 30.7 Å². The number of ether oxygens (including phenoxy) is 1. The SMILES string of the molecule is CCC(C)(C)C(=O)Nc1ccc(NC(C(=O)[O-])C(=O)OC)cc1. The number of aliphatic carboxylic acids is 1. The molecule has 2 N–H and O–H groups in total. The van der Waals surface area contributed by atoms with Crippen LogP contribution in [0.3, 0.4) is 0 Å². The Morgan fingerprint density at radius 2 is 1.70 bits per heavy atom. The van der Waals surface area contributed by atoms with Crippen LogP contribution in [-0.2, 0) is 19.1 Å². The van der Waals surface area contributed by atoms with Gasteiger partial charge in [-0.25, -0.2) is 4.79 Å². The van der Waals surface area contributed by atoms with Crippen molar-refractivity contribution in [3.63, 3.8) is 0 Å². The molecule has 1 rings (SSSR count). The quantitative estimate of drug-likeness (QED) is 0.567. The van der Waals surface area contributed by atoms with Crippen molar-refractivity contribution in [2.45, 2.75) is 33.2 Å². The average Bonchev–Trinajstić information content (AvgIpc) is 2.52. The molecule has 23 heavy (non-hydrogen) atoms. The van der Waals surface area contributed by atoms with Crippen LogP contribution in [0.2, 0.25) is 0 Å². The van der Waals surface area contributed by atoms with Gasteiger partial charge >= 0.3 is 5.97 Å². The summed E-state index contributed by atoms with van der Waals surface area (Å²) in [7, 11) is 1.09. The first-order valence-electron chi connectivity index (χ1n) is 7.18. The minimum absolute atomic E-state index is 0.108. The first-order valence-corrected chi connectivity index (χ1v) is 7.18. The molecule has 1 atom stereocenters. The number of amides is 1. The Labute approximate surface area is 135 Å². The lowest BCUT2D eigenvalue weighted by Gasteiger charge is -2.22. The molecule has 0 aromatic heterocycles. The Bertz CT molecular complexity index is 581. The minimum atomic E-state index is -1.60. The molecule has 126 valence electrons. The maximum absolute atomic E-state index is 12.1. The number of methoxy groups -OCH3 is 1. The number of hydrogen-bond donors (Lipinski definition) is 2. The van der Waals surface area contributed by atoms with Crippen molar-refractivity contribution < 1.29 is 24.2 Å². The van der Waals surface area contributed by atoms with Crippen molar-refractivity contribution in [3.05, 3.63) is 24.3 Å². The summed E-state index contributed by atoms with van der Waals surface area (Å²) in [5, 5.41) is 16.2. The molecule has 0 aliphatic heterocycles.